The molecule has 7 nitrogen and oxygen atoms in total. The molecular weight excluding hydrogens is 250 g/mol. The van der Waals surface area contributed by atoms with E-state index in [-0.39, 0.29) is 25.4 Å². The maximum Gasteiger partial charge on any atom is 0.308 e. The highest BCUT2D eigenvalue weighted by molar-refractivity contribution is 5.80. The lowest BCUT2D eigenvalue weighted by Gasteiger charge is -2.29. The molecule has 1 aliphatic carbocycles. The highest BCUT2D eigenvalue weighted by Crippen LogP contribution is 2.38. The number of carbonyl (C=O) groups excluding carboxylic acids is 1. The molecule has 1 saturated carbocycles. The Morgan fingerprint density at radius 1 is 1.42 bits per heavy atom. The van der Waals surface area contributed by atoms with Crippen LogP contribution >= 0.6 is 0 Å². The average molecular weight is 265 g/mol. The summed E-state index contributed by atoms with van der Waals surface area (Å²) in [6.07, 6.45) is 2.84. The first-order valence-corrected chi connectivity index (χ1v) is 6.46. The van der Waals surface area contributed by atoms with Crippen LogP contribution in [0.25, 0.3) is 0 Å². The zero-order chi connectivity index (χ0) is 13.4. The maximum absolute atomic E-state index is 11.8. The summed E-state index contributed by atoms with van der Waals surface area (Å²) in [7, 11) is 0. The van der Waals surface area contributed by atoms with Crippen LogP contribution in [0, 0.1) is 5.92 Å². The fourth-order valence-electron chi connectivity index (χ4n) is 2.27. The number of aromatic nitrogens is 2. The molecule has 1 unspecified atom stereocenters. The number of likely N-dealkylation sites (tertiary alicyclic amines) is 1. The molecule has 0 bridgehead atoms. The van der Waals surface area contributed by atoms with Gasteiger partial charge in [0, 0.05) is 18.9 Å². The predicted octanol–water partition coefficient (Wildman–Crippen LogP) is 0.770. The van der Waals surface area contributed by atoms with E-state index in [1.807, 2.05) is 0 Å². The molecule has 102 valence electrons. The van der Waals surface area contributed by atoms with E-state index in [0.717, 1.165) is 12.8 Å². The highest BCUT2D eigenvalue weighted by Gasteiger charge is 2.32. The Morgan fingerprint density at radius 2 is 2.21 bits per heavy atom. The Bertz CT molecular complexity index is 509. The number of hydrogen-bond donors (Lipinski definition) is 1. The van der Waals surface area contributed by atoms with E-state index >= 15 is 0 Å². The Hall–Kier alpha value is -1.92. The first-order chi connectivity index (χ1) is 9.13. The molecule has 1 N–H and O–H groups in total. The third-order valence-corrected chi connectivity index (χ3v) is 3.60. The van der Waals surface area contributed by atoms with Crippen molar-refractivity contribution in [1.29, 1.82) is 0 Å². The molecule has 7 heteroatoms. The van der Waals surface area contributed by atoms with Gasteiger partial charge in [-0.25, -0.2) is 0 Å². The van der Waals surface area contributed by atoms with Gasteiger partial charge >= 0.3 is 5.97 Å². The number of carbonyl (C=O) groups is 2. The van der Waals surface area contributed by atoms with Crippen LogP contribution in [0.2, 0.25) is 0 Å². The van der Waals surface area contributed by atoms with Gasteiger partial charge in [-0.05, 0) is 19.3 Å². The Morgan fingerprint density at radius 3 is 2.89 bits per heavy atom. The molecule has 1 aliphatic heterocycles. The number of rotatable bonds is 4. The summed E-state index contributed by atoms with van der Waals surface area (Å²) in [5.41, 5.74) is 0. The number of hydrogen-bond acceptors (Lipinski definition) is 5. The topological polar surface area (TPSA) is 96.5 Å². The summed E-state index contributed by atoms with van der Waals surface area (Å²) < 4.78 is 5.11. The second kappa shape index (κ2) is 4.64. The fourth-order valence-corrected chi connectivity index (χ4v) is 2.27. The molecule has 0 aromatic carbocycles. The minimum Gasteiger partial charge on any atom is -0.481 e. The molecule has 19 heavy (non-hydrogen) atoms. The molecule has 1 amide bonds. The minimum atomic E-state index is -0.860. The lowest BCUT2D eigenvalue weighted by molar-refractivity contribution is -0.147. The monoisotopic (exact) mass is 265 g/mol. The predicted molar refractivity (Wildman–Crippen MR) is 62.0 cm³/mol. The molecule has 1 aromatic rings. The lowest BCUT2D eigenvalue weighted by atomic mass is 9.98. The van der Waals surface area contributed by atoms with E-state index < -0.39 is 11.9 Å². The van der Waals surface area contributed by atoms with Crippen LogP contribution in [0.1, 0.15) is 43.3 Å². The van der Waals surface area contributed by atoms with Gasteiger partial charge in [0.1, 0.15) is 6.54 Å². The number of nitrogens with zero attached hydrogens (tertiary/aromatic N) is 3. The minimum absolute atomic E-state index is 0.0522. The number of carboxylic acids is 1. The summed E-state index contributed by atoms with van der Waals surface area (Å²) in [6, 6.07) is 0. The first kappa shape index (κ1) is 12.1. The summed E-state index contributed by atoms with van der Waals surface area (Å²) >= 11 is 0. The van der Waals surface area contributed by atoms with Crippen molar-refractivity contribution in [2.75, 3.05) is 6.54 Å². The van der Waals surface area contributed by atoms with Crippen LogP contribution in [-0.4, -0.2) is 38.6 Å². The van der Waals surface area contributed by atoms with Crippen LogP contribution in [0.15, 0.2) is 4.52 Å². The first-order valence-electron chi connectivity index (χ1n) is 6.46. The standard InChI is InChI=1S/C12H15N3O4/c16-10-4-3-8(12(17)18)5-15(10)6-9-13-11(14-19-9)7-1-2-7/h7-8H,1-6H2,(H,17,18). The second-order valence-electron chi connectivity index (χ2n) is 5.17. The molecule has 2 fully saturated rings. The van der Waals surface area contributed by atoms with Crippen molar-refractivity contribution in [3.63, 3.8) is 0 Å². The third kappa shape index (κ3) is 2.59. The average Bonchev–Trinajstić information content (AvgIpc) is 3.13. The molecule has 1 atom stereocenters. The van der Waals surface area contributed by atoms with Gasteiger partial charge in [-0.3, -0.25) is 9.59 Å². The number of amides is 1. The molecule has 2 aliphatic rings. The number of carboxylic acid groups (broad SMARTS) is 1. The molecule has 1 saturated heterocycles. The molecule has 3 rings (SSSR count). The third-order valence-electron chi connectivity index (χ3n) is 3.60. The van der Waals surface area contributed by atoms with Crippen LogP contribution in [0.3, 0.4) is 0 Å². The van der Waals surface area contributed by atoms with Crippen LogP contribution in [0.4, 0.5) is 0 Å². The molecular formula is C12H15N3O4. The van der Waals surface area contributed by atoms with E-state index in [9.17, 15) is 9.59 Å². The van der Waals surface area contributed by atoms with Crippen molar-refractivity contribution < 1.29 is 19.2 Å². The SMILES string of the molecule is O=C(O)C1CCC(=O)N(Cc2nc(C3CC3)no2)C1. The van der Waals surface area contributed by atoms with Crippen molar-refractivity contribution in [3.8, 4) is 0 Å². The van der Waals surface area contributed by atoms with Gasteiger partial charge < -0.3 is 14.5 Å². The molecule has 0 spiro atoms. The van der Waals surface area contributed by atoms with Gasteiger partial charge in [0.25, 0.3) is 0 Å². The van der Waals surface area contributed by atoms with Gasteiger partial charge in [-0.2, -0.15) is 4.98 Å². The summed E-state index contributed by atoms with van der Waals surface area (Å²) in [6.45, 7) is 0.428. The van der Waals surface area contributed by atoms with E-state index in [1.165, 1.54) is 4.90 Å². The van der Waals surface area contributed by atoms with Gasteiger partial charge in [-0.15, -0.1) is 0 Å². The van der Waals surface area contributed by atoms with E-state index in [2.05, 4.69) is 10.1 Å². The number of piperidine rings is 1. The largest absolute Gasteiger partial charge is 0.481 e. The highest BCUT2D eigenvalue weighted by atomic mass is 16.5. The Labute approximate surface area is 109 Å². The van der Waals surface area contributed by atoms with Crippen LogP contribution < -0.4 is 0 Å². The maximum atomic E-state index is 11.8. The second-order valence-corrected chi connectivity index (χ2v) is 5.17. The molecule has 2 heterocycles. The molecule has 1 aromatic heterocycles. The van der Waals surface area contributed by atoms with Crippen molar-refractivity contribution in [2.45, 2.75) is 38.1 Å². The fraction of sp³-hybridized carbons (Fsp3) is 0.667. The zero-order valence-electron chi connectivity index (χ0n) is 10.4. The lowest BCUT2D eigenvalue weighted by Crippen LogP contribution is -2.42. The quantitative estimate of drug-likeness (QED) is 0.863. The Kier molecular flexibility index (Phi) is 2.96. The Balaban J connectivity index is 1.66. The summed E-state index contributed by atoms with van der Waals surface area (Å²) in [5.74, 6) is 0.0887. The normalized spacial score (nSPS) is 23.7. The summed E-state index contributed by atoms with van der Waals surface area (Å²) in [5, 5.41) is 12.9. The van der Waals surface area contributed by atoms with Crippen LogP contribution in [0.5, 0.6) is 0 Å². The summed E-state index contributed by atoms with van der Waals surface area (Å²) in [4.78, 5) is 28.5. The van der Waals surface area contributed by atoms with Gasteiger partial charge in [0.2, 0.25) is 11.8 Å². The number of aliphatic carboxylic acids is 1. The van der Waals surface area contributed by atoms with Crippen molar-refractivity contribution in [1.82, 2.24) is 15.0 Å². The van der Waals surface area contributed by atoms with Crippen molar-refractivity contribution >= 4 is 11.9 Å². The van der Waals surface area contributed by atoms with Crippen molar-refractivity contribution in [3.05, 3.63) is 11.7 Å². The van der Waals surface area contributed by atoms with Gasteiger partial charge in [-0.1, -0.05) is 5.16 Å². The van der Waals surface area contributed by atoms with Gasteiger partial charge in [0.15, 0.2) is 5.82 Å². The van der Waals surface area contributed by atoms with Crippen LogP contribution in [-0.2, 0) is 16.1 Å². The van der Waals surface area contributed by atoms with E-state index in [4.69, 9.17) is 9.63 Å². The van der Waals surface area contributed by atoms with E-state index in [1.54, 1.807) is 0 Å². The zero-order valence-corrected chi connectivity index (χ0v) is 10.4. The van der Waals surface area contributed by atoms with E-state index in [0.29, 0.717) is 24.1 Å². The smallest absolute Gasteiger partial charge is 0.308 e. The van der Waals surface area contributed by atoms with Crippen molar-refractivity contribution in [2.24, 2.45) is 5.92 Å². The molecule has 0 radical (unpaired) electrons. The van der Waals surface area contributed by atoms with Gasteiger partial charge in [0.05, 0.1) is 5.92 Å².